The van der Waals surface area contributed by atoms with Crippen molar-refractivity contribution < 1.29 is 9.53 Å². The van der Waals surface area contributed by atoms with Crippen LogP contribution in [0.15, 0.2) is 11.6 Å². The van der Waals surface area contributed by atoms with Crippen molar-refractivity contribution in [3.63, 3.8) is 0 Å². The van der Waals surface area contributed by atoms with E-state index in [1.165, 1.54) is 0 Å². The van der Waals surface area contributed by atoms with Gasteiger partial charge in [0.2, 0.25) is 0 Å². The Morgan fingerprint density at radius 1 is 1.62 bits per heavy atom. The summed E-state index contributed by atoms with van der Waals surface area (Å²) >= 11 is 1.57. The first-order chi connectivity index (χ1) is 7.22. The van der Waals surface area contributed by atoms with Crippen LogP contribution < -0.4 is 0 Å². The number of carbonyl (C=O) groups excluding carboxylic acids is 1. The molecule has 0 amide bonds. The van der Waals surface area contributed by atoms with Crippen LogP contribution in [0.1, 0.15) is 24.7 Å². The molecule has 2 aromatic rings. The first kappa shape index (κ1) is 13.2. The van der Waals surface area contributed by atoms with Gasteiger partial charge in [-0.25, -0.2) is 4.98 Å². The van der Waals surface area contributed by atoms with E-state index in [1.54, 1.807) is 18.3 Å². The summed E-state index contributed by atoms with van der Waals surface area (Å²) in [6.45, 7) is 4.01. The molecule has 2 rings (SSSR count). The number of halogens is 1. The van der Waals surface area contributed by atoms with Crippen LogP contribution in [-0.2, 0) is 16.1 Å². The second-order valence-electron chi connectivity index (χ2n) is 3.21. The maximum Gasteiger partial charge on any atom is 0.305 e. The van der Waals surface area contributed by atoms with Crippen LogP contribution in [0.4, 0.5) is 0 Å². The van der Waals surface area contributed by atoms with Crippen molar-refractivity contribution in [2.24, 2.45) is 0 Å². The van der Waals surface area contributed by atoms with Crippen molar-refractivity contribution in [2.45, 2.75) is 26.9 Å². The number of esters is 1. The molecule has 0 unspecified atom stereocenters. The van der Waals surface area contributed by atoms with Gasteiger partial charge in [0.1, 0.15) is 6.61 Å². The molecule has 0 aliphatic carbocycles. The Kier molecular flexibility index (Phi) is 4.49. The van der Waals surface area contributed by atoms with Gasteiger partial charge in [-0.05, 0) is 6.92 Å². The molecule has 4 nitrogen and oxygen atoms in total. The van der Waals surface area contributed by atoms with E-state index in [9.17, 15) is 4.79 Å². The summed E-state index contributed by atoms with van der Waals surface area (Å²) in [6.07, 6.45) is 2.35. The molecule has 0 saturated heterocycles. The Hall–Kier alpha value is -0.880. The number of thiazole rings is 1. The smallest absolute Gasteiger partial charge is 0.305 e. The van der Waals surface area contributed by atoms with Crippen LogP contribution in [-0.4, -0.2) is 15.4 Å². The van der Waals surface area contributed by atoms with E-state index in [-0.39, 0.29) is 23.0 Å². The zero-order chi connectivity index (χ0) is 10.8. The summed E-state index contributed by atoms with van der Waals surface area (Å²) in [5, 5.41) is 1.97. The molecule has 0 aliphatic rings. The molecule has 0 atom stereocenters. The molecule has 0 aliphatic heterocycles. The minimum Gasteiger partial charge on any atom is -0.459 e. The zero-order valence-electron chi connectivity index (χ0n) is 9.10. The zero-order valence-corrected chi connectivity index (χ0v) is 11.6. The fourth-order valence-electron chi connectivity index (χ4n) is 1.37. The molecule has 6 heteroatoms. The number of hydrogen-bond donors (Lipinski definition) is 0. The summed E-state index contributed by atoms with van der Waals surface area (Å²) in [6, 6.07) is 0. The van der Waals surface area contributed by atoms with Crippen molar-refractivity contribution in [2.75, 3.05) is 0 Å². The molecule has 16 heavy (non-hydrogen) atoms. The van der Waals surface area contributed by atoms with Gasteiger partial charge in [0.15, 0.2) is 4.96 Å². The van der Waals surface area contributed by atoms with Gasteiger partial charge < -0.3 is 4.74 Å². The average Bonchev–Trinajstić information content (AvgIpc) is 2.75. The molecule has 0 saturated carbocycles. The van der Waals surface area contributed by atoms with E-state index in [2.05, 4.69) is 4.98 Å². The quantitative estimate of drug-likeness (QED) is 0.819. The van der Waals surface area contributed by atoms with Crippen LogP contribution in [0, 0.1) is 6.92 Å². The number of nitrogens with zero attached hydrogens (tertiary/aromatic N) is 2. The second kappa shape index (κ2) is 5.45. The van der Waals surface area contributed by atoms with Gasteiger partial charge in [-0.2, -0.15) is 0 Å². The Balaban J connectivity index is 0.00000128. The average molecular weight is 305 g/mol. The van der Waals surface area contributed by atoms with Crippen molar-refractivity contribution in [1.29, 1.82) is 0 Å². The van der Waals surface area contributed by atoms with Crippen LogP contribution in [0.2, 0.25) is 0 Å². The third-order valence-electron chi connectivity index (χ3n) is 2.22. The van der Waals surface area contributed by atoms with E-state index >= 15 is 0 Å². The molecule has 0 aromatic carbocycles. The fraction of sp³-hybridized carbons (Fsp3) is 0.400. The lowest BCUT2D eigenvalue weighted by atomic mass is 10.3. The van der Waals surface area contributed by atoms with Crippen LogP contribution in [0.25, 0.3) is 4.96 Å². The molecule has 0 spiro atoms. The van der Waals surface area contributed by atoms with Gasteiger partial charge in [-0.15, -0.1) is 28.3 Å². The number of aryl methyl sites for hydroxylation is 1. The van der Waals surface area contributed by atoms with Gasteiger partial charge in [0, 0.05) is 18.0 Å². The summed E-state index contributed by atoms with van der Waals surface area (Å²) in [5.41, 5.74) is 1.87. The van der Waals surface area contributed by atoms with E-state index in [4.69, 9.17) is 4.74 Å². The Morgan fingerprint density at radius 3 is 3.06 bits per heavy atom. The lowest BCUT2D eigenvalue weighted by Crippen LogP contribution is -2.04. The van der Waals surface area contributed by atoms with Crippen LogP contribution >= 0.6 is 28.3 Å². The molecule has 0 radical (unpaired) electrons. The molecule has 88 valence electrons. The summed E-state index contributed by atoms with van der Waals surface area (Å²) < 4.78 is 7.06. The number of fused-ring (bicyclic) bond motifs is 1. The number of aromatic nitrogens is 2. The predicted octanol–water partition coefficient (Wildman–Crippen LogP) is 2.74. The highest BCUT2D eigenvalue weighted by Gasteiger charge is 2.10. The number of carbonyl (C=O) groups is 1. The first-order valence-electron chi connectivity index (χ1n) is 4.79. The minimum atomic E-state index is -0.181. The molecule has 2 heterocycles. The molecule has 0 bridgehead atoms. The van der Waals surface area contributed by atoms with Gasteiger partial charge >= 0.3 is 5.97 Å². The maximum atomic E-state index is 11.0. The Morgan fingerprint density at radius 2 is 2.38 bits per heavy atom. The van der Waals surface area contributed by atoms with Crippen LogP contribution in [0.5, 0.6) is 0 Å². The van der Waals surface area contributed by atoms with E-state index in [1.807, 2.05) is 22.9 Å². The summed E-state index contributed by atoms with van der Waals surface area (Å²) in [7, 11) is 0. The number of ether oxygens (including phenoxy) is 1. The van der Waals surface area contributed by atoms with E-state index in [0.29, 0.717) is 13.0 Å². The fourth-order valence-corrected chi connectivity index (χ4v) is 2.14. The summed E-state index contributed by atoms with van der Waals surface area (Å²) in [5.74, 6) is -0.181. The number of imidazole rings is 1. The van der Waals surface area contributed by atoms with Gasteiger partial charge in [0.05, 0.1) is 11.4 Å². The van der Waals surface area contributed by atoms with Gasteiger partial charge in [-0.3, -0.25) is 9.20 Å². The molecular formula is C10H13BrN2O2S. The van der Waals surface area contributed by atoms with Crippen molar-refractivity contribution in [3.05, 3.63) is 23.0 Å². The normalized spacial score (nSPS) is 10.1. The Bertz CT molecular complexity index is 492. The summed E-state index contributed by atoms with van der Waals surface area (Å²) in [4.78, 5) is 16.4. The lowest BCUT2D eigenvalue weighted by Gasteiger charge is -2.02. The minimum absolute atomic E-state index is 0. The molecule has 0 fully saturated rings. The SMILES string of the molecule is Br.CCC(=O)OCc1c(C)nc2sccn12. The standard InChI is InChI=1S/C10H12N2O2S.BrH/c1-3-9(13)14-6-8-7(2)11-10-12(8)4-5-15-10;/h4-5H,3,6H2,1-2H3;1H. The monoisotopic (exact) mass is 304 g/mol. The highest BCUT2D eigenvalue weighted by Crippen LogP contribution is 2.17. The van der Waals surface area contributed by atoms with Crippen molar-refractivity contribution >= 4 is 39.2 Å². The Labute approximate surface area is 108 Å². The highest BCUT2D eigenvalue weighted by atomic mass is 79.9. The number of hydrogen-bond acceptors (Lipinski definition) is 4. The van der Waals surface area contributed by atoms with Crippen LogP contribution in [0.3, 0.4) is 0 Å². The maximum absolute atomic E-state index is 11.0. The third kappa shape index (κ3) is 2.44. The number of rotatable bonds is 3. The van der Waals surface area contributed by atoms with E-state index in [0.717, 1.165) is 16.3 Å². The molecule has 2 aromatic heterocycles. The highest BCUT2D eigenvalue weighted by molar-refractivity contribution is 8.93. The largest absolute Gasteiger partial charge is 0.459 e. The van der Waals surface area contributed by atoms with Gasteiger partial charge in [-0.1, -0.05) is 6.92 Å². The second-order valence-corrected chi connectivity index (χ2v) is 4.09. The van der Waals surface area contributed by atoms with Crippen molar-refractivity contribution in [3.8, 4) is 0 Å². The first-order valence-corrected chi connectivity index (χ1v) is 5.67. The topological polar surface area (TPSA) is 43.6 Å². The molecule has 0 N–H and O–H groups in total. The lowest BCUT2D eigenvalue weighted by molar-refractivity contribution is -0.144. The molecular weight excluding hydrogens is 292 g/mol. The third-order valence-corrected chi connectivity index (χ3v) is 2.98. The predicted molar refractivity (Wildman–Crippen MR) is 68.2 cm³/mol. The van der Waals surface area contributed by atoms with Gasteiger partial charge in [0.25, 0.3) is 0 Å². The van der Waals surface area contributed by atoms with Crippen molar-refractivity contribution in [1.82, 2.24) is 9.38 Å². The van der Waals surface area contributed by atoms with E-state index < -0.39 is 0 Å².